The van der Waals surface area contributed by atoms with E-state index in [0.717, 1.165) is 11.4 Å². The third-order valence-corrected chi connectivity index (χ3v) is 6.41. The predicted molar refractivity (Wildman–Crippen MR) is 105 cm³/mol. The van der Waals surface area contributed by atoms with E-state index in [-0.39, 0.29) is 10.8 Å². The van der Waals surface area contributed by atoms with E-state index < -0.39 is 15.6 Å². The van der Waals surface area contributed by atoms with Crippen molar-refractivity contribution in [3.8, 4) is 5.75 Å². The lowest BCUT2D eigenvalue weighted by atomic mass is 10.2. The molecule has 0 radical (unpaired) electrons. The van der Waals surface area contributed by atoms with E-state index in [1.807, 2.05) is 24.3 Å². The molecule has 6 nitrogen and oxygen atoms in total. The van der Waals surface area contributed by atoms with Gasteiger partial charge >= 0.3 is 0 Å². The Bertz CT molecular complexity index is 908. The Morgan fingerprint density at radius 3 is 2.30 bits per heavy atom. The second kappa shape index (κ2) is 8.19. The van der Waals surface area contributed by atoms with Crippen LogP contribution in [0.2, 0.25) is 5.02 Å². The van der Waals surface area contributed by atoms with E-state index >= 15 is 0 Å². The lowest BCUT2D eigenvalue weighted by Crippen LogP contribution is -2.50. The smallest absolute Gasteiger partial charge is 0.238 e. The summed E-state index contributed by atoms with van der Waals surface area (Å²) in [6.45, 7) is 2.17. The number of halogens is 1. The highest BCUT2D eigenvalue weighted by Gasteiger charge is 2.27. The lowest BCUT2D eigenvalue weighted by Gasteiger charge is -2.36. The minimum absolute atomic E-state index is 0.105. The minimum atomic E-state index is -3.69. The second-order valence-corrected chi connectivity index (χ2v) is 8.68. The maximum absolute atomic E-state index is 12.5. The summed E-state index contributed by atoms with van der Waals surface area (Å²) in [6.07, 6.45) is 0. The number of hydrogen-bond acceptors (Lipinski definition) is 5. The van der Waals surface area contributed by atoms with E-state index in [9.17, 15) is 13.2 Å². The number of sulfone groups is 1. The maximum atomic E-state index is 12.5. The Balaban J connectivity index is 1.62. The Morgan fingerprint density at radius 2 is 1.67 bits per heavy atom. The molecule has 1 heterocycles. The molecule has 0 bridgehead atoms. The first-order valence-corrected chi connectivity index (χ1v) is 10.6. The Hall–Kier alpha value is -2.25. The summed E-state index contributed by atoms with van der Waals surface area (Å²) in [5.41, 5.74) is 0.973. The van der Waals surface area contributed by atoms with Crippen molar-refractivity contribution in [3.05, 3.63) is 53.6 Å². The highest BCUT2D eigenvalue weighted by molar-refractivity contribution is 7.92. The first-order chi connectivity index (χ1) is 12.9. The van der Waals surface area contributed by atoms with E-state index in [0.29, 0.717) is 31.2 Å². The molecule has 0 unspecified atom stereocenters. The van der Waals surface area contributed by atoms with Gasteiger partial charge in [-0.3, -0.25) is 4.79 Å². The highest BCUT2D eigenvalue weighted by atomic mass is 35.5. The van der Waals surface area contributed by atoms with Gasteiger partial charge in [-0.05, 0) is 36.4 Å². The molecular formula is C19H21ClN2O4S. The fourth-order valence-electron chi connectivity index (χ4n) is 3.07. The number of methoxy groups -OCH3 is 1. The van der Waals surface area contributed by atoms with Crippen molar-refractivity contribution in [3.63, 3.8) is 0 Å². The number of para-hydroxylation sites is 2. The van der Waals surface area contributed by atoms with Crippen LogP contribution >= 0.6 is 11.6 Å². The molecule has 8 heteroatoms. The predicted octanol–water partition coefficient (Wildman–Crippen LogP) is 2.47. The van der Waals surface area contributed by atoms with Gasteiger partial charge in [-0.25, -0.2) is 8.42 Å². The van der Waals surface area contributed by atoms with E-state index in [2.05, 4.69) is 4.90 Å². The molecular weight excluding hydrogens is 388 g/mol. The number of ether oxygens (including phenoxy) is 1. The number of carbonyl (C=O) groups excluding carboxylic acids is 1. The number of anilines is 1. The quantitative estimate of drug-likeness (QED) is 0.760. The van der Waals surface area contributed by atoms with Crippen LogP contribution in [0.5, 0.6) is 5.75 Å². The summed E-state index contributed by atoms with van der Waals surface area (Å²) >= 11 is 5.79. The third kappa shape index (κ3) is 4.54. The van der Waals surface area contributed by atoms with Crippen molar-refractivity contribution < 1.29 is 17.9 Å². The number of hydrogen-bond donors (Lipinski definition) is 0. The van der Waals surface area contributed by atoms with Gasteiger partial charge in [0.2, 0.25) is 5.91 Å². The van der Waals surface area contributed by atoms with Crippen molar-refractivity contribution in [2.75, 3.05) is 43.9 Å². The van der Waals surface area contributed by atoms with Gasteiger partial charge in [-0.15, -0.1) is 0 Å². The van der Waals surface area contributed by atoms with Gasteiger partial charge in [-0.1, -0.05) is 23.7 Å². The van der Waals surface area contributed by atoms with Gasteiger partial charge < -0.3 is 14.5 Å². The molecule has 1 aliphatic rings. The normalized spacial score (nSPS) is 14.9. The number of rotatable bonds is 5. The number of amides is 1. The molecule has 1 fully saturated rings. The average molecular weight is 409 g/mol. The molecule has 0 aliphatic carbocycles. The standard InChI is InChI=1S/C19H21ClN2O4S/c1-26-18-5-3-2-4-17(18)21-10-12-22(13-11-21)19(23)14-27(24,25)16-8-6-15(20)7-9-16/h2-9H,10-14H2,1H3. The van der Waals surface area contributed by atoms with E-state index in [4.69, 9.17) is 16.3 Å². The summed E-state index contributed by atoms with van der Waals surface area (Å²) in [5, 5.41) is 0.452. The molecule has 144 valence electrons. The van der Waals surface area contributed by atoms with Crippen LogP contribution in [0.25, 0.3) is 0 Å². The van der Waals surface area contributed by atoms with Crippen molar-refractivity contribution in [2.24, 2.45) is 0 Å². The minimum Gasteiger partial charge on any atom is -0.495 e. The molecule has 1 amide bonds. The molecule has 0 aromatic heterocycles. The molecule has 0 N–H and O–H groups in total. The number of benzene rings is 2. The van der Waals surface area contributed by atoms with Crippen molar-refractivity contribution in [2.45, 2.75) is 4.90 Å². The van der Waals surface area contributed by atoms with Crippen LogP contribution in [0.3, 0.4) is 0 Å². The summed E-state index contributed by atoms with van der Waals surface area (Å²) in [5.74, 6) is -0.143. The number of carbonyl (C=O) groups is 1. The van der Waals surface area contributed by atoms with Gasteiger partial charge in [0.25, 0.3) is 0 Å². The SMILES string of the molecule is COc1ccccc1N1CCN(C(=O)CS(=O)(=O)c2ccc(Cl)cc2)CC1. The molecule has 0 saturated carbocycles. The molecule has 1 saturated heterocycles. The molecule has 2 aromatic rings. The summed E-state index contributed by atoms with van der Waals surface area (Å²) in [7, 11) is -2.06. The van der Waals surface area contributed by atoms with Crippen molar-refractivity contribution in [1.29, 1.82) is 0 Å². The fraction of sp³-hybridized carbons (Fsp3) is 0.316. The van der Waals surface area contributed by atoms with Crippen LogP contribution in [-0.2, 0) is 14.6 Å². The van der Waals surface area contributed by atoms with Crippen LogP contribution < -0.4 is 9.64 Å². The third-order valence-electron chi connectivity index (χ3n) is 4.54. The van der Waals surface area contributed by atoms with Crippen LogP contribution in [0.1, 0.15) is 0 Å². The Labute approximate surface area is 164 Å². The van der Waals surface area contributed by atoms with Gasteiger partial charge in [0.1, 0.15) is 11.5 Å². The summed E-state index contributed by atoms with van der Waals surface area (Å²) in [4.78, 5) is 16.3. The highest BCUT2D eigenvalue weighted by Crippen LogP contribution is 2.28. The number of nitrogens with zero attached hydrogens (tertiary/aromatic N) is 2. The summed E-state index contributed by atoms with van der Waals surface area (Å²) in [6, 6.07) is 13.6. The molecule has 0 spiro atoms. The second-order valence-electron chi connectivity index (χ2n) is 6.25. The molecule has 3 rings (SSSR count). The Morgan fingerprint density at radius 1 is 1.04 bits per heavy atom. The van der Waals surface area contributed by atoms with Crippen LogP contribution in [0.4, 0.5) is 5.69 Å². The molecule has 27 heavy (non-hydrogen) atoms. The largest absolute Gasteiger partial charge is 0.495 e. The fourth-order valence-corrected chi connectivity index (χ4v) is 4.42. The Kier molecular flexibility index (Phi) is 5.92. The molecule has 0 atom stereocenters. The van der Waals surface area contributed by atoms with E-state index in [1.54, 1.807) is 12.0 Å². The topological polar surface area (TPSA) is 66.9 Å². The lowest BCUT2D eigenvalue weighted by molar-refractivity contribution is -0.128. The number of piperazine rings is 1. The summed E-state index contributed by atoms with van der Waals surface area (Å²) < 4.78 is 30.3. The van der Waals surface area contributed by atoms with Gasteiger partial charge in [0, 0.05) is 31.2 Å². The first-order valence-electron chi connectivity index (χ1n) is 8.55. The van der Waals surface area contributed by atoms with Crippen LogP contribution in [0.15, 0.2) is 53.4 Å². The zero-order chi connectivity index (χ0) is 19.4. The van der Waals surface area contributed by atoms with Gasteiger partial charge in [0.05, 0.1) is 17.7 Å². The molecule has 2 aromatic carbocycles. The zero-order valence-corrected chi connectivity index (χ0v) is 16.5. The van der Waals surface area contributed by atoms with Crippen LogP contribution in [-0.4, -0.2) is 58.3 Å². The zero-order valence-electron chi connectivity index (χ0n) is 15.0. The molecule has 1 aliphatic heterocycles. The van der Waals surface area contributed by atoms with Gasteiger partial charge in [0.15, 0.2) is 9.84 Å². The van der Waals surface area contributed by atoms with Crippen LogP contribution in [0, 0.1) is 0 Å². The van der Waals surface area contributed by atoms with Gasteiger partial charge in [-0.2, -0.15) is 0 Å². The van der Waals surface area contributed by atoms with Crippen molar-refractivity contribution >= 4 is 33.0 Å². The van der Waals surface area contributed by atoms with Crippen molar-refractivity contribution in [1.82, 2.24) is 4.90 Å². The van der Waals surface area contributed by atoms with E-state index in [1.165, 1.54) is 24.3 Å². The first kappa shape index (κ1) is 19.5. The average Bonchev–Trinajstić information content (AvgIpc) is 2.68. The monoisotopic (exact) mass is 408 g/mol. The maximum Gasteiger partial charge on any atom is 0.238 e.